The van der Waals surface area contributed by atoms with Gasteiger partial charge >= 0.3 is 6.18 Å². The maximum absolute atomic E-state index is 13.1. The van der Waals surface area contributed by atoms with Crippen LogP contribution in [-0.2, 0) is 4.74 Å². The highest BCUT2D eigenvalue weighted by Gasteiger charge is 2.43. The molecule has 2 aliphatic rings. The van der Waals surface area contributed by atoms with Gasteiger partial charge in [0.2, 0.25) is 0 Å². The molecule has 1 saturated heterocycles. The van der Waals surface area contributed by atoms with E-state index in [0.29, 0.717) is 0 Å². The second-order valence-electron chi connectivity index (χ2n) is 5.79. The van der Waals surface area contributed by atoms with Crippen molar-refractivity contribution in [2.24, 2.45) is 0 Å². The van der Waals surface area contributed by atoms with Crippen molar-refractivity contribution in [1.82, 2.24) is 4.90 Å². The van der Waals surface area contributed by atoms with E-state index in [2.05, 4.69) is 0 Å². The summed E-state index contributed by atoms with van der Waals surface area (Å²) < 4.78 is 44.6. The molecule has 2 fully saturated rings. The number of piperidine rings is 1. The molecular formula is C14H24F3NO. The molecule has 1 heterocycles. The van der Waals surface area contributed by atoms with Crippen LogP contribution in [-0.4, -0.2) is 42.9 Å². The van der Waals surface area contributed by atoms with Crippen molar-refractivity contribution in [2.45, 2.75) is 69.8 Å². The molecule has 0 aromatic rings. The fourth-order valence-electron chi connectivity index (χ4n) is 3.03. The van der Waals surface area contributed by atoms with Gasteiger partial charge in [-0.3, -0.25) is 0 Å². The van der Waals surface area contributed by atoms with Crippen molar-refractivity contribution in [3.8, 4) is 0 Å². The van der Waals surface area contributed by atoms with Crippen molar-refractivity contribution in [3.63, 3.8) is 0 Å². The Morgan fingerprint density at radius 1 is 0.947 bits per heavy atom. The normalized spacial score (nSPS) is 25.4. The van der Waals surface area contributed by atoms with Gasteiger partial charge in [0.1, 0.15) is 0 Å². The molecule has 5 heteroatoms. The summed E-state index contributed by atoms with van der Waals surface area (Å²) in [5, 5.41) is 0. The van der Waals surface area contributed by atoms with Gasteiger partial charge in [-0.2, -0.15) is 13.2 Å². The topological polar surface area (TPSA) is 12.5 Å². The van der Waals surface area contributed by atoms with Gasteiger partial charge in [0.25, 0.3) is 0 Å². The minimum Gasteiger partial charge on any atom is -0.364 e. The molecule has 0 aromatic heterocycles. The second kappa shape index (κ2) is 6.93. The predicted octanol–water partition coefficient (Wildman–Crippen LogP) is 3.75. The summed E-state index contributed by atoms with van der Waals surface area (Å²) in [5.74, 6) is 0. The van der Waals surface area contributed by atoms with Gasteiger partial charge in [-0.1, -0.05) is 25.7 Å². The summed E-state index contributed by atoms with van der Waals surface area (Å²) in [5.41, 5.74) is 0. The highest BCUT2D eigenvalue weighted by molar-refractivity contribution is 4.78. The maximum Gasteiger partial charge on any atom is 0.415 e. The molecule has 0 radical (unpaired) electrons. The van der Waals surface area contributed by atoms with E-state index in [4.69, 9.17) is 4.74 Å². The predicted molar refractivity (Wildman–Crippen MR) is 68.1 cm³/mol. The first-order chi connectivity index (χ1) is 9.05. The van der Waals surface area contributed by atoms with Crippen LogP contribution >= 0.6 is 0 Å². The van der Waals surface area contributed by atoms with E-state index in [0.717, 1.165) is 64.5 Å². The molecule has 1 atom stereocenters. The highest BCUT2D eigenvalue weighted by Crippen LogP contribution is 2.29. The Morgan fingerprint density at radius 2 is 1.53 bits per heavy atom. The third-order valence-electron chi connectivity index (χ3n) is 4.15. The van der Waals surface area contributed by atoms with E-state index in [1.807, 2.05) is 4.90 Å². The monoisotopic (exact) mass is 279 g/mol. The molecule has 0 N–H and O–H groups in total. The number of alkyl halides is 3. The molecule has 19 heavy (non-hydrogen) atoms. The number of rotatable bonds is 4. The summed E-state index contributed by atoms with van der Waals surface area (Å²) in [6.45, 7) is 1.57. The van der Waals surface area contributed by atoms with E-state index in [-0.39, 0.29) is 12.6 Å². The summed E-state index contributed by atoms with van der Waals surface area (Å²) in [4.78, 5) is 1.91. The lowest BCUT2D eigenvalue weighted by Gasteiger charge is -2.34. The van der Waals surface area contributed by atoms with Crippen molar-refractivity contribution in [1.29, 1.82) is 0 Å². The van der Waals surface area contributed by atoms with Crippen LogP contribution in [0, 0.1) is 0 Å². The van der Waals surface area contributed by atoms with Gasteiger partial charge in [0, 0.05) is 6.54 Å². The van der Waals surface area contributed by atoms with E-state index >= 15 is 0 Å². The van der Waals surface area contributed by atoms with Gasteiger partial charge in [-0.15, -0.1) is 0 Å². The number of likely N-dealkylation sites (tertiary alicyclic amines) is 1. The van der Waals surface area contributed by atoms with E-state index < -0.39 is 12.3 Å². The molecule has 0 unspecified atom stereocenters. The molecular weight excluding hydrogens is 255 g/mol. The van der Waals surface area contributed by atoms with Crippen LogP contribution in [0.4, 0.5) is 13.2 Å². The maximum atomic E-state index is 13.1. The van der Waals surface area contributed by atoms with Crippen LogP contribution in [0.1, 0.15) is 51.4 Å². The Morgan fingerprint density at radius 3 is 2.11 bits per heavy atom. The van der Waals surface area contributed by atoms with E-state index in [9.17, 15) is 13.2 Å². The molecule has 2 rings (SSSR count). The van der Waals surface area contributed by atoms with Gasteiger partial charge in [0.05, 0.1) is 6.10 Å². The van der Waals surface area contributed by atoms with Crippen LogP contribution in [0.2, 0.25) is 0 Å². The third-order valence-corrected chi connectivity index (χ3v) is 4.15. The van der Waals surface area contributed by atoms with Gasteiger partial charge < -0.3 is 9.64 Å². The Balaban J connectivity index is 1.87. The lowest BCUT2D eigenvalue weighted by molar-refractivity contribution is -0.240. The smallest absolute Gasteiger partial charge is 0.364 e. The molecule has 1 aliphatic carbocycles. The molecule has 1 aliphatic heterocycles. The van der Waals surface area contributed by atoms with Crippen LogP contribution in [0.5, 0.6) is 0 Å². The first kappa shape index (κ1) is 15.1. The van der Waals surface area contributed by atoms with E-state index in [1.54, 1.807) is 0 Å². The zero-order valence-corrected chi connectivity index (χ0v) is 11.4. The Labute approximate surface area is 113 Å². The Bertz CT molecular complexity index is 238. The summed E-state index contributed by atoms with van der Waals surface area (Å²) in [6, 6.07) is 0. The molecule has 2 nitrogen and oxygen atoms in total. The fourth-order valence-corrected chi connectivity index (χ4v) is 3.03. The average Bonchev–Trinajstić information content (AvgIpc) is 2.39. The van der Waals surface area contributed by atoms with Crippen LogP contribution < -0.4 is 0 Å². The van der Waals surface area contributed by atoms with Gasteiger partial charge in [-0.25, -0.2) is 0 Å². The van der Waals surface area contributed by atoms with E-state index in [1.165, 1.54) is 0 Å². The number of ether oxygens (including phenoxy) is 1. The molecule has 0 aromatic carbocycles. The lowest BCUT2D eigenvalue weighted by atomic mass is 9.97. The molecule has 0 bridgehead atoms. The SMILES string of the molecule is FC(F)(F)[C@H](CN1CCCCC1)OC1CCCCC1. The van der Waals surface area contributed by atoms with Crippen molar-refractivity contribution < 1.29 is 17.9 Å². The van der Waals surface area contributed by atoms with Crippen LogP contribution in [0.25, 0.3) is 0 Å². The van der Waals surface area contributed by atoms with Crippen molar-refractivity contribution >= 4 is 0 Å². The van der Waals surface area contributed by atoms with Crippen molar-refractivity contribution in [2.75, 3.05) is 19.6 Å². The largest absolute Gasteiger partial charge is 0.415 e. The summed E-state index contributed by atoms with van der Waals surface area (Å²) in [7, 11) is 0. The minimum atomic E-state index is -4.24. The van der Waals surface area contributed by atoms with Gasteiger partial charge in [-0.05, 0) is 38.8 Å². The molecule has 0 amide bonds. The van der Waals surface area contributed by atoms with Gasteiger partial charge in [0.15, 0.2) is 6.10 Å². The highest BCUT2D eigenvalue weighted by atomic mass is 19.4. The average molecular weight is 279 g/mol. The molecule has 0 spiro atoms. The number of hydrogen-bond donors (Lipinski definition) is 0. The zero-order valence-electron chi connectivity index (χ0n) is 11.4. The number of nitrogens with zero attached hydrogens (tertiary/aromatic N) is 1. The Hall–Kier alpha value is -0.290. The second-order valence-corrected chi connectivity index (χ2v) is 5.79. The summed E-state index contributed by atoms with van der Waals surface area (Å²) in [6.07, 6.45) is 1.81. The first-order valence-electron chi connectivity index (χ1n) is 7.50. The lowest BCUT2D eigenvalue weighted by Crippen LogP contribution is -2.46. The third kappa shape index (κ3) is 4.95. The molecule has 1 saturated carbocycles. The number of halogens is 3. The van der Waals surface area contributed by atoms with Crippen LogP contribution in [0.15, 0.2) is 0 Å². The number of hydrogen-bond acceptors (Lipinski definition) is 2. The fraction of sp³-hybridized carbons (Fsp3) is 1.00. The standard InChI is InChI=1S/C14H24F3NO/c15-14(16,17)13(11-18-9-5-2-6-10-18)19-12-7-3-1-4-8-12/h12-13H,1-11H2/t13-/m0/s1. The summed E-state index contributed by atoms with van der Waals surface area (Å²) >= 11 is 0. The quantitative estimate of drug-likeness (QED) is 0.777. The zero-order chi connectivity index (χ0) is 13.7. The van der Waals surface area contributed by atoms with Crippen molar-refractivity contribution in [3.05, 3.63) is 0 Å². The Kier molecular flexibility index (Phi) is 5.51. The van der Waals surface area contributed by atoms with Crippen LogP contribution in [0.3, 0.4) is 0 Å². The first-order valence-corrected chi connectivity index (χ1v) is 7.50. The minimum absolute atomic E-state index is 0.0139. The molecule has 112 valence electrons.